The number of fused-ring (bicyclic) bond motifs is 17. The van der Waals surface area contributed by atoms with Gasteiger partial charge in [0.15, 0.2) is 5.82 Å². The molecule has 0 bridgehead atoms. The van der Waals surface area contributed by atoms with Crippen molar-refractivity contribution in [3.05, 3.63) is 175 Å². The molecule has 0 radical (unpaired) electrons. The van der Waals surface area contributed by atoms with Gasteiger partial charge in [-0.1, -0.05) is 147 Å². The van der Waals surface area contributed by atoms with Crippen LogP contribution in [0.3, 0.4) is 0 Å². The third-order valence-electron chi connectivity index (χ3n) is 12.7. The summed E-state index contributed by atoms with van der Waals surface area (Å²) in [6, 6.07) is 60.2. The molecular formula is C53H33N3S. The number of hydrogen-bond donors (Lipinski definition) is 0. The van der Waals surface area contributed by atoms with Gasteiger partial charge in [-0.2, -0.15) is 0 Å². The van der Waals surface area contributed by atoms with Crippen molar-refractivity contribution in [2.24, 2.45) is 0 Å². The van der Waals surface area contributed by atoms with Gasteiger partial charge in [-0.15, -0.1) is 11.3 Å². The molecule has 9 aromatic carbocycles. The summed E-state index contributed by atoms with van der Waals surface area (Å²) in [5.41, 5.74) is 8.34. The first-order chi connectivity index (χ1) is 28.0. The van der Waals surface area contributed by atoms with E-state index in [1.807, 2.05) is 11.3 Å². The van der Waals surface area contributed by atoms with E-state index in [1.165, 1.54) is 79.6 Å². The molecule has 0 atom stereocenters. The topological polar surface area (TPSA) is 30.7 Å². The van der Waals surface area contributed by atoms with Crippen LogP contribution in [0, 0.1) is 0 Å². The van der Waals surface area contributed by atoms with Crippen molar-refractivity contribution in [2.45, 2.75) is 19.3 Å². The summed E-state index contributed by atoms with van der Waals surface area (Å²) in [4.78, 5) is 11.7. The summed E-state index contributed by atoms with van der Waals surface area (Å²) in [5.74, 6) is 0.851. The van der Waals surface area contributed by atoms with Gasteiger partial charge in [0, 0.05) is 52.9 Å². The quantitative estimate of drug-likeness (QED) is 0.165. The summed E-state index contributed by atoms with van der Waals surface area (Å²) in [6.07, 6.45) is 0. The molecule has 266 valence electrons. The number of benzene rings is 9. The van der Waals surface area contributed by atoms with E-state index in [0.29, 0.717) is 0 Å². The highest BCUT2D eigenvalue weighted by molar-refractivity contribution is 7.25. The fraction of sp³-hybridized carbons (Fsp3) is 0.0566. The van der Waals surface area contributed by atoms with Crippen molar-refractivity contribution < 1.29 is 0 Å². The van der Waals surface area contributed by atoms with Crippen molar-refractivity contribution in [1.29, 1.82) is 0 Å². The second kappa shape index (κ2) is 11.1. The van der Waals surface area contributed by atoms with Gasteiger partial charge in [0.1, 0.15) is 5.69 Å². The van der Waals surface area contributed by atoms with Crippen LogP contribution in [0.15, 0.2) is 164 Å². The predicted octanol–water partition coefficient (Wildman–Crippen LogP) is 14.5. The molecule has 0 N–H and O–H groups in total. The lowest BCUT2D eigenvalue weighted by Gasteiger charge is -2.22. The molecule has 1 aliphatic rings. The molecule has 0 aliphatic heterocycles. The second-order valence-electron chi connectivity index (χ2n) is 16.1. The van der Waals surface area contributed by atoms with Crippen LogP contribution in [0.4, 0.5) is 0 Å². The van der Waals surface area contributed by atoms with Crippen LogP contribution in [0.5, 0.6) is 0 Å². The minimum atomic E-state index is -0.315. The molecule has 4 heteroatoms. The van der Waals surface area contributed by atoms with Gasteiger partial charge < -0.3 is 0 Å². The zero-order valence-electron chi connectivity index (χ0n) is 31.3. The van der Waals surface area contributed by atoms with Crippen LogP contribution in [-0.2, 0) is 5.41 Å². The first-order valence-corrected chi connectivity index (χ1v) is 20.5. The van der Waals surface area contributed by atoms with Gasteiger partial charge >= 0.3 is 0 Å². The Bertz CT molecular complexity index is 3700. The highest BCUT2D eigenvalue weighted by Gasteiger charge is 2.39. The van der Waals surface area contributed by atoms with E-state index in [0.717, 1.165) is 45.1 Å². The van der Waals surface area contributed by atoms with Crippen LogP contribution >= 0.6 is 11.3 Å². The molecule has 12 aromatic rings. The van der Waals surface area contributed by atoms with Gasteiger partial charge in [0.25, 0.3) is 0 Å². The number of aromatic nitrogens is 3. The van der Waals surface area contributed by atoms with Crippen molar-refractivity contribution in [2.75, 3.05) is 0 Å². The van der Waals surface area contributed by atoms with E-state index in [-0.39, 0.29) is 5.41 Å². The Balaban J connectivity index is 1.27. The minimum absolute atomic E-state index is 0.315. The van der Waals surface area contributed by atoms with E-state index in [9.17, 15) is 0 Å². The van der Waals surface area contributed by atoms with E-state index < -0.39 is 0 Å². The fourth-order valence-corrected chi connectivity index (χ4v) is 11.3. The fourth-order valence-electron chi connectivity index (χ4n) is 10.1. The minimum Gasteiger partial charge on any atom is -0.292 e. The van der Waals surface area contributed by atoms with E-state index in [4.69, 9.17) is 9.97 Å². The molecule has 1 aliphatic carbocycles. The smallest absolute Gasteiger partial charge is 0.165 e. The zero-order chi connectivity index (χ0) is 37.6. The van der Waals surface area contributed by atoms with E-state index in [2.05, 4.69) is 182 Å². The number of rotatable bonds is 2. The molecular weight excluding hydrogens is 711 g/mol. The zero-order valence-corrected chi connectivity index (χ0v) is 32.2. The Morgan fingerprint density at radius 3 is 1.86 bits per heavy atom. The van der Waals surface area contributed by atoms with E-state index in [1.54, 1.807) is 0 Å². The Kier molecular flexibility index (Phi) is 6.12. The largest absolute Gasteiger partial charge is 0.292 e. The first kappa shape index (κ1) is 31.3. The molecule has 3 heterocycles. The molecule has 57 heavy (non-hydrogen) atoms. The average Bonchev–Trinajstić information content (AvgIpc) is 3.87. The summed E-state index contributed by atoms with van der Waals surface area (Å²) >= 11 is 1.84. The Hall–Kier alpha value is -6.88. The lowest BCUT2D eigenvalue weighted by Crippen LogP contribution is -2.18. The first-order valence-electron chi connectivity index (χ1n) is 19.7. The van der Waals surface area contributed by atoms with Crippen molar-refractivity contribution >= 4 is 96.4 Å². The number of nitrogens with zero attached hydrogens (tertiary/aromatic N) is 3. The van der Waals surface area contributed by atoms with Crippen LogP contribution in [-0.4, -0.2) is 14.5 Å². The van der Waals surface area contributed by atoms with Gasteiger partial charge in [-0.05, 0) is 73.6 Å². The highest BCUT2D eigenvalue weighted by Crippen LogP contribution is 2.51. The molecule has 0 unspecified atom stereocenters. The van der Waals surface area contributed by atoms with Crippen molar-refractivity contribution in [1.82, 2.24) is 14.5 Å². The van der Waals surface area contributed by atoms with Gasteiger partial charge in [-0.25, -0.2) is 9.97 Å². The van der Waals surface area contributed by atoms with Gasteiger partial charge in [-0.3, -0.25) is 4.57 Å². The second-order valence-corrected chi connectivity index (χ2v) is 17.1. The van der Waals surface area contributed by atoms with Crippen molar-refractivity contribution in [3.8, 4) is 28.3 Å². The molecule has 3 nitrogen and oxygen atoms in total. The molecule has 0 amide bonds. The summed E-state index contributed by atoms with van der Waals surface area (Å²) in [6.45, 7) is 4.59. The molecule has 0 saturated heterocycles. The predicted molar refractivity (Wildman–Crippen MR) is 242 cm³/mol. The van der Waals surface area contributed by atoms with Crippen LogP contribution < -0.4 is 0 Å². The maximum atomic E-state index is 5.86. The molecule has 0 fully saturated rings. The summed E-state index contributed by atoms with van der Waals surface area (Å²) in [5, 5.41) is 14.9. The Morgan fingerprint density at radius 2 is 1.05 bits per heavy atom. The normalized spacial score (nSPS) is 13.6. The van der Waals surface area contributed by atoms with Crippen LogP contribution in [0.1, 0.15) is 25.1 Å². The van der Waals surface area contributed by atoms with Crippen LogP contribution in [0.25, 0.3) is 113 Å². The molecule has 0 saturated carbocycles. The van der Waals surface area contributed by atoms with Gasteiger partial charge in [0.2, 0.25) is 0 Å². The Morgan fingerprint density at radius 1 is 0.439 bits per heavy atom. The SMILES string of the molecule is CC1(C)c2ccccc2-c2nc(-n3c4cc5ccccc5cc4c4c5c6ccccc6c6ccccc6c5ccc43)c(-c3cccc4sc5ccccc5c34)nc21. The third-order valence-corrected chi connectivity index (χ3v) is 13.8. The standard InChI is InChI=1S/C53H33N3S/c1-53(2)41-23-11-9-20-37(41)49-51(53)54-50(39-22-13-25-45-46(39)38-21-10-12-24-44(38)57-45)52(55-49)56-42-27-26-36-34-18-6-5-16-32(34)33-17-7-8-19-35(33)47(36)48(42)40-28-30-14-3-4-15-31(30)29-43(40)56/h3-29H,1-2H3. The van der Waals surface area contributed by atoms with E-state index >= 15 is 0 Å². The lowest BCUT2D eigenvalue weighted by atomic mass is 9.85. The monoisotopic (exact) mass is 743 g/mol. The maximum Gasteiger partial charge on any atom is 0.165 e. The lowest BCUT2D eigenvalue weighted by molar-refractivity contribution is 0.635. The van der Waals surface area contributed by atoms with Gasteiger partial charge in [0.05, 0.1) is 22.4 Å². The number of hydrogen-bond acceptors (Lipinski definition) is 3. The van der Waals surface area contributed by atoms with Crippen LogP contribution in [0.2, 0.25) is 0 Å². The van der Waals surface area contributed by atoms with Crippen molar-refractivity contribution in [3.63, 3.8) is 0 Å². The molecule has 13 rings (SSSR count). The molecule has 0 spiro atoms. The summed E-state index contributed by atoms with van der Waals surface area (Å²) in [7, 11) is 0. The summed E-state index contributed by atoms with van der Waals surface area (Å²) < 4.78 is 4.96. The third kappa shape index (κ3) is 4.10. The Labute approximate surface area is 332 Å². The maximum absolute atomic E-state index is 5.86. The average molecular weight is 744 g/mol. The highest BCUT2D eigenvalue weighted by atomic mass is 32.1. The molecule has 3 aromatic heterocycles. The number of thiophene rings is 1.